The van der Waals surface area contributed by atoms with Gasteiger partial charge in [0.2, 0.25) is 0 Å². The maximum absolute atomic E-state index is 4.90. The lowest BCUT2D eigenvalue weighted by molar-refractivity contribution is 0.208. The molecule has 1 aromatic carbocycles. The minimum absolute atomic E-state index is 0. The van der Waals surface area contributed by atoms with Gasteiger partial charge in [0.1, 0.15) is 0 Å². The Morgan fingerprint density at radius 1 is 1.15 bits per heavy atom. The summed E-state index contributed by atoms with van der Waals surface area (Å²) in [5, 5.41) is 3.47. The van der Waals surface area contributed by atoms with Crippen molar-refractivity contribution in [3.05, 3.63) is 54.1 Å². The van der Waals surface area contributed by atoms with Gasteiger partial charge in [0.25, 0.3) is 0 Å². The van der Waals surface area contributed by atoms with Gasteiger partial charge in [-0.05, 0) is 36.3 Å². The standard InChI is InChI=1S/C21H31N5.HI/c1-4-23-21(26-13-17(2)11-18(3)14-26)24-12-19-5-7-20(8-6-19)15-25-10-9-22-16-25;/h5-10,16-18H,4,11-15H2,1-3H3,(H,23,24);1H. The number of benzene rings is 1. The predicted octanol–water partition coefficient (Wildman–Crippen LogP) is 3.99. The van der Waals surface area contributed by atoms with Crippen LogP contribution in [-0.2, 0) is 13.1 Å². The minimum atomic E-state index is 0. The number of imidazole rings is 1. The van der Waals surface area contributed by atoms with Gasteiger partial charge in [0.15, 0.2) is 5.96 Å². The molecule has 0 amide bonds. The van der Waals surface area contributed by atoms with Gasteiger partial charge >= 0.3 is 0 Å². The van der Waals surface area contributed by atoms with Gasteiger partial charge in [-0.2, -0.15) is 0 Å². The van der Waals surface area contributed by atoms with Crippen LogP contribution in [0.3, 0.4) is 0 Å². The molecule has 0 spiro atoms. The van der Waals surface area contributed by atoms with E-state index < -0.39 is 0 Å². The molecule has 1 aromatic heterocycles. The van der Waals surface area contributed by atoms with Crippen LogP contribution in [0.5, 0.6) is 0 Å². The fraction of sp³-hybridized carbons (Fsp3) is 0.524. The van der Waals surface area contributed by atoms with Crippen molar-refractivity contribution in [2.45, 2.75) is 40.3 Å². The maximum atomic E-state index is 4.90. The Bertz CT molecular complexity index is 686. The number of aromatic nitrogens is 2. The van der Waals surface area contributed by atoms with Gasteiger partial charge in [-0.25, -0.2) is 9.98 Å². The molecule has 2 aromatic rings. The Morgan fingerprint density at radius 2 is 1.81 bits per heavy atom. The average Bonchev–Trinajstić information content (AvgIpc) is 3.12. The van der Waals surface area contributed by atoms with Gasteiger partial charge in [-0.1, -0.05) is 38.1 Å². The monoisotopic (exact) mass is 481 g/mol. The molecule has 1 aliphatic heterocycles. The summed E-state index contributed by atoms with van der Waals surface area (Å²) in [5.74, 6) is 2.50. The number of nitrogens with zero attached hydrogens (tertiary/aromatic N) is 4. The second-order valence-corrected chi connectivity index (χ2v) is 7.57. The fourth-order valence-corrected chi connectivity index (χ4v) is 3.77. The third kappa shape index (κ3) is 6.52. The van der Waals surface area contributed by atoms with Crippen LogP contribution in [-0.4, -0.2) is 40.0 Å². The summed E-state index contributed by atoms with van der Waals surface area (Å²) in [6.07, 6.45) is 6.96. The number of guanidine groups is 1. The first-order valence-electron chi connectivity index (χ1n) is 9.71. The number of halogens is 1. The summed E-state index contributed by atoms with van der Waals surface area (Å²) in [4.78, 5) is 11.4. The van der Waals surface area contributed by atoms with Gasteiger partial charge in [-0.3, -0.25) is 0 Å². The number of hydrogen-bond donors (Lipinski definition) is 1. The van der Waals surface area contributed by atoms with E-state index in [-0.39, 0.29) is 24.0 Å². The molecule has 6 heteroatoms. The molecule has 1 fully saturated rings. The van der Waals surface area contributed by atoms with Crippen molar-refractivity contribution in [3.63, 3.8) is 0 Å². The third-order valence-corrected chi connectivity index (χ3v) is 4.86. The topological polar surface area (TPSA) is 45.5 Å². The lowest BCUT2D eigenvalue weighted by atomic mass is 9.92. The van der Waals surface area contributed by atoms with E-state index in [4.69, 9.17) is 4.99 Å². The molecule has 148 valence electrons. The highest BCUT2D eigenvalue weighted by Gasteiger charge is 2.23. The Labute approximate surface area is 180 Å². The van der Waals surface area contributed by atoms with Crippen molar-refractivity contribution in [1.29, 1.82) is 0 Å². The smallest absolute Gasteiger partial charge is 0.194 e. The van der Waals surface area contributed by atoms with Crippen molar-refractivity contribution in [2.24, 2.45) is 16.8 Å². The van der Waals surface area contributed by atoms with Crippen LogP contribution >= 0.6 is 24.0 Å². The van der Waals surface area contributed by atoms with Crippen LogP contribution in [0.15, 0.2) is 48.0 Å². The van der Waals surface area contributed by atoms with Crippen LogP contribution in [0.4, 0.5) is 0 Å². The zero-order valence-corrected chi connectivity index (χ0v) is 19.0. The van der Waals surface area contributed by atoms with Crippen LogP contribution in [0.2, 0.25) is 0 Å². The summed E-state index contributed by atoms with van der Waals surface area (Å²) in [6.45, 7) is 11.5. The Kier molecular flexibility index (Phi) is 8.60. The first-order chi connectivity index (χ1) is 12.6. The highest BCUT2D eigenvalue weighted by atomic mass is 127. The summed E-state index contributed by atoms with van der Waals surface area (Å²) in [6, 6.07) is 8.73. The molecule has 3 rings (SSSR count). The van der Waals surface area contributed by atoms with Gasteiger partial charge in [0, 0.05) is 38.6 Å². The molecule has 2 atom stereocenters. The maximum Gasteiger partial charge on any atom is 0.194 e. The van der Waals surface area contributed by atoms with Crippen LogP contribution in [0.25, 0.3) is 0 Å². The summed E-state index contributed by atoms with van der Waals surface area (Å²) < 4.78 is 2.08. The molecule has 0 radical (unpaired) electrons. The number of aliphatic imine (C=N–C) groups is 1. The second-order valence-electron chi connectivity index (χ2n) is 7.57. The summed E-state index contributed by atoms with van der Waals surface area (Å²) in [7, 11) is 0. The third-order valence-electron chi connectivity index (χ3n) is 4.86. The predicted molar refractivity (Wildman–Crippen MR) is 123 cm³/mol. The van der Waals surface area contributed by atoms with Crippen molar-refractivity contribution in [2.75, 3.05) is 19.6 Å². The highest BCUT2D eigenvalue weighted by Crippen LogP contribution is 2.21. The molecule has 27 heavy (non-hydrogen) atoms. The fourth-order valence-electron chi connectivity index (χ4n) is 3.77. The van der Waals surface area contributed by atoms with E-state index in [0.29, 0.717) is 6.54 Å². The largest absolute Gasteiger partial charge is 0.357 e. The normalized spacial score (nSPS) is 20.3. The van der Waals surface area contributed by atoms with E-state index >= 15 is 0 Å². The van der Waals surface area contributed by atoms with E-state index in [1.165, 1.54) is 17.5 Å². The molecule has 2 heterocycles. The van der Waals surface area contributed by atoms with Crippen LogP contribution in [0.1, 0.15) is 38.3 Å². The van der Waals surface area contributed by atoms with Crippen LogP contribution in [0, 0.1) is 11.8 Å². The molecule has 1 aliphatic rings. The van der Waals surface area contributed by atoms with E-state index in [9.17, 15) is 0 Å². The SMILES string of the molecule is CCNC(=NCc1ccc(Cn2ccnc2)cc1)N1CC(C)CC(C)C1.I. The lowest BCUT2D eigenvalue weighted by Crippen LogP contribution is -2.48. The number of hydrogen-bond acceptors (Lipinski definition) is 2. The Balaban J connectivity index is 0.00000261. The second kappa shape index (κ2) is 10.7. The van der Waals surface area contributed by atoms with Crippen molar-refractivity contribution in [1.82, 2.24) is 19.8 Å². The van der Waals surface area contributed by atoms with Gasteiger partial charge in [0.05, 0.1) is 12.9 Å². The molecule has 1 saturated heterocycles. The number of rotatable bonds is 5. The van der Waals surface area contributed by atoms with E-state index in [1.54, 1.807) is 0 Å². The number of likely N-dealkylation sites (tertiary alicyclic amines) is 1. The number of nitrogens with one attached hydrogen (secondary N) is 1. The zero-order chi connectivity index (χ0) is 18.4. The number of piperidine rings is 1. The van der Waals surface area contributed by atoms with Crippen LogP contribution < -0.4 is 5.32 Å². The Morgan fingerprint density at radius 3 is 2.41 bits per heavy atom. The van der Waals surface area contributed by atoms with Gasteiger partial charge in [-0.15, -0.1) is 24.0 Å². The lowest BCUT2D eigenvalue weighted by Gasteiger charge is -2.37. The molecular weight excluding hydrogens is 449 g/mol. The average molecular weight is 481 g/mol. The van der Waals surface area contributed by atoms with E-state index in [1.807, 2.05) is 18.7 Å². The quantitative estimate of drug-likeness (QED) is 0.399. The first-order valence-corrected chi connectivity index (χ1v) is 9.71. The molecule has 0 aliphatic carbocycles. The van der Waals surface area contributed by atoms with Crippen molar-refractivity contribution >= 4 is 29.9 Å². The van der Waals surface area contributed by atoms with E-state index in [2.05, 4.69) is 64.8 Å². The molecule has 2 unspecified atom stereocenters. The molecular formula is C21H32IN5. The Hall–Kier alpha value is -1.57. The van der Waals surface area contributed by atoms with Gasteiger partial charge < -0.3 is 14.8 Å². The summed E-state index contributed by atoms with van der Waals surface area (Å²) >= 11 is 0. The highest BCUT2D eigenvalue weighted by molar-refractivity contribution is 14.0. The van der Waals surface area contributed by atoms with Crippen molar-refractivity contribution in [3.8, 4) is 0 Å². The molecule has 1 N–H and O–H groups in total. The van der Waals surface area contributed by atoms with E-state index in [0.717, 1.165) is 44.0 Å². The zero-order valence-electron chi connectivity index (χ0n) is 16.6. The first kappa shape index (κ1) is 21.7. The summed E-state index contributed by atoms with van der Waals surface area (Å²) in [5.41, 5.74) is 2.52. The van der Waals surface area contributed by atoms with Crippen molar-refractivity contribution < 1.29 is 0 Å². The molecule has 0 saturated carbocycles. The minimum Gasteiger partial charge on any atom is -0.357 e. The molecule has 5 nitrogen and oxygen atoms in total. The molecule has 0 bridgehead atoms.